The van der Waals surface area contributed by atoms with Crippen molar-refractivity contribution in [1.82, 2.24) is 4.90 Å². The molecule has 1 aliphatic rings. The largest absolute Gasteiger partial charge is 0.397 e. The molecule has 92 valence electrons. The number of anilines is 1. The van der Waals surface area contributed by atoms with Gasteiger partial charge in [-0.05, 0) is 31.4 Å². The molecule has 0 radical (unpaired) electrons. The number of carbonyl (C=O) groups excluding carboxylic acids is 1. The Morgan fingerprint density at radius 3 is 2.53 bits per heavy atom. The van der Waals surface area contributed by atoms with Crippen LogP contribution in [0.3, 0.4) is 0 Å². The molecule has 5 heteroatoms. The van der Waals surface area contributed by atoms with Crippen LogP contribution in [0.1, 0.15) is 29.6 Å². The minimum atomic E-state index is -0.0556. The lowest BCUT2D eigenvalue weighted by Crippen LogP contribution is -2.41. The fraction of sp³-hybridized carbons (Fsp3) is 0.417. The second kappa shape index (κ2) is 4.75. The van der Waals surface area contributed by atoms with Crippen LogP contribution in [0.25, 0.3) is 0 Å². The molecule has 1 fully saturated rings. The lowest BCUT2D eigenvalue weighted by atomic mass is 9.91. The molecule has 0 bridgehead atoms. The molecule has 0 spiro atoms. The molecule has 0 unspecified atom stereocenters. The predicted octanol–water partition coefficient (Wildman–Crippen LogP) is 3.20. The first-order chi connectivity index (χ1) is 8.00. The third-order valence-corrected chi connectivity index (χ3v) is 4.06. The van der Waals surface area contributed by atoms with Gasteiger partial charge in [0.15, 0.2) is 0 Å². The number of halogens is 2. The lowest BCUT2D eigenvalue weighted by Gasteiger charge is -2.34. The molecule has 0 aromatic heterocycles. The highest BCUT2D eigenvalue weighted by Crippen LogP contribution is 2.31. The zero-order valence-electron chi connectivity index (χ0n) is 9.54. The van der Waals surface area contributed by atoms with Gasteiger partial charge in [0, 0.05) is 18.7 Å². The lowest BCUT2D eigenvalue weighted by molar-refractivity contribution is 0.0652. The van der Waals surface area contributed by atoms with E-state index in [4.69, 9.17) is 28.9 Å². The Morgan fingerprint density at radius 2 is 2.06 bits per heavy atom. The normalized spacial score (nSPS) is 15.5. The smallest absolute Gasteiger partial charge is 0.253 e. The van der Waals surface area contributed by atoms with Crippen LogP contribution < -0.4 is 5.73 Å². The topological polar surface area (TPSA) is 46.3 Å². The van der Waals surface area contributed by atoms with Gasteiger partial charge in [-0.3, -0.25) is 4.79 Å². The maximum Gasteiger partial charge on any atom is 0.253 e. The summed E-state index contributed by atoms with van der Waals surface area (Å²) in [7, 11) is 1.81. The van der Waals surface area contributed by atoms with E-state index in [1.165, 1.54) is 6.42 Å². The van der Waals surface area contributed by atoms with E-state index < -0.39 is 0 Å². The molecule has 17 heavy (non-hydrogen) atoms. The van der Waals surface area contributed by atoms with Crippen molar-refractivity contribution in [3.63, 3.8) is 0 Å². The molecule has 1 amide bonds. The number of carbonyl (C=O) groups is 1. The summed E-state index contributed by atoms with van der Waals surface area (Å²) >= 11 is 11.8. The van der Waals surface area contributed by atoms with Crippen LogP contribution >= 0.6 is 23.2 Å². The molecule has 0 heterocycles. The average molecular weight is 273 g/mol. The van der Waals surface area contributed by atoms with E-state index in [0.717, 1.165) is 12.8 Å². The first-order valence-electron chi connectivity index (χ1n) is 5.52. The van der Waals surface area contributed by atoms with Gasteiger partial charge in [0.25, 0.3) is 5.91 Å². The minimum absolute atomic E-state index is 0.0556. The molecular formula is C12H14Cl2N2O. The number of hydrogen-bond acceptors (Lipinski definition) is 2. The number of nitrogens with zero attached hydrogens (tertiary/aromatic N) is 1. The first kappa shape index (κ1) is 12.5. The van der Waals surface area contributed by atoms with Crippen LogP contribution in [0.15, 0.2) is 12.1 Å². The Labute approximate surface area is 110 Å². The number of amides is 1. The van der Waals surface area contributed by atoms with Crippen molar-refractivity contribution in [3.05, 3.63) is 27.7 Å². The summed E-state index contributed by atoms with van der Waals surface area (Å²) in [4.78, 5) is 13.9. The molecular weight excluding hydrogens is 259 g/mol. The van der Waals surface area contributed by atoms with Crippen LogP contribution in [0.2, 0.25) is 10.0 Å². The molecule has 0 atom stereocenters. The Balaban J connectivity index is 2.24. The second-order valence-corrected chi connectivity index (χ2v) is 5.15. The molecule has 0 saturated heterocycles. The minimum Gasteiger partial charge on any atom is -0.397 e. The Bertz CT molecular complexity index is 435. The number of hydrogen-bond donors (Lipinski definition) is 1. The monoisotopic (exact) mass is 272 g/mol. The highest BCUT2D eigenvalue weighted by molar-refractivity contribution is 6.43. The van der Waals surface area contributed by atoms with Crippen LogP contribution in [0.4, 0.5) is 5.69 Å². The van der Waals surface area contributed by atoms with Crippen molar-refractivity contribution >= 4 is 34.8 Å². The highest BCUT2D eigenvalue weighted by Gasteiger charge is 2.26. The van der Waals surface area contributed by atoms with Crippen molar-refractivity contribution in [3.8, 4) is 0 Å². The SMILES string of the molecule is CN(C(=O)c1cc(N)c(Cl)c(Cl)c1)C1CCC1. The molecule has 3 nitrogen and oxygen atoms in total. The molecule has 2 rings (SSSR count). The first-order valence-corrected chi connectivity index (χ1v) is 6.28. The standard InChI is InChI=1S/C12H14Cl2N2O/c1-16(8-3-2-4-8)12(17)7-5-9(13)11(14)10(15)6-7/h5-6,8H,2-4,15H2,1H3. The van der Waals surface area contributed by atoms with Gasteiger partial charge in [-0.2, -0.15) is 0 Å². The maximum absolute atomic E-state index is 12.2. The van der Waals surface area contributed by atoms with Crippen molar-refractivity contribution in [2.24, 2.45) is 0 Å². The summed E-state index contributed by atoms with van der Waals surface area (Å²) in [6.45, 7) is 0. The van der Waals surface area contributed by atoms with Crippen LogP contribution in [0, 0.1) is 0 Å². The second-order valence-electron chi connectivity index (χ2n) is 4.36. The maximum atomic E-state index is 12.2. The number of rotatable bonds is 2. The molecule has 1 aromatic carbocycles. The van der Waals surface area contributed by atoms with Gasteiger partial charge < -0.3 is 10.6 Å². The van der Waals surface area contributed by atoms with Crippen LogP contribution in [-0.2, 0) is 0 Å². The van der Waals surface area contributed by atoms with E-state index in [9.17, 15) is 4.79 Å². The molecule has 0 aliphatic heterocycles. The zero-order chi connectivity index (χ0) is 12.6. The van der Waals surface area contributed by atoms with Gasteiger partial charge in [0.05, 0.1) is 15.7 Å². The van der Waals surface area contributed by atoms with Crippen LogP contribution in [0.5, 0.6) is 0 Å². The Kier molecular flexibility index (Phi) is 3.50. The van der Waals surface area contributed by atoms with Crippen molar-refractivity contribution in [2.45, 2.75) is 25.3 Å². The fourth-order valence-electron chi connectivity index (χ4n) is 1.88. The number of nitrogen functional groups attached to an aromatic ring is 1. The summed E-state index contributed by atoms with van der Waals surface area (Å²) < 4.78 is 0. The van der Waals surface area contributed by atoms with E-state index in [-0.39, 0.29) is 5.91 Å². The molecule has 1 aliphatic carbocycles. The van der Waals surface area contributed by atoms with Gasteiger partial charge in [-0.25, -0.2) is 0 Å². The Hall–Kier alpha value is -0.930. The number of nitrogens with two attached hydrogens (primary N) is 1. The predicted molar refractivity (Wildman–Crippen MR) is 70.6 cm³/mol. The third kappa shape index (κ3) is 2.35. The fourth-order valence-corrected chi connectivity index (χ4v) is 2.21. The van der Waals surface area contributed by atoms with Crippen LogP contribution in [-0.4, -0.2) is 23.9 Å². The van der Waals surface area contributed by atoms with E-state index in [2.05, 4.69) is 0 Å². The zero-order valence-corrected chi connectivity index (χ0v) is 11.1. The number of benzene rings is 1. The molecule has 1 saturated carbocycles. The summed E-state index contributed by atoms with van der Waals surface area (Å²) in [5.74, 6) is -0.0556. The van der Waals surface area contributed by atoms with Gasteiger partial charge in [-0.1, -0.05) is 23.2 Å². The summed E-state index contributed by atoms with van der Waals surface area (Å²) in [6, 6.07) is 3.49. The summed E-state index contributed by atoms with van der Waals surface area (Å²) in [5.41, 5.74) is 6.52. The van der Waals surface area contributed by atoms with E-state index in [1.54, 1.807) is 17.0 Å². The van der Waals surface area contributed by atoms with Crippen molar-refractivity contribution < 1.29 is 4.79 Å². The van der Waals surface area contributed by atoms with Gasteiger partial charge in [0.2, 0.25) is 0 Å². The van der Waals surface area contributed by atoms with Crippen molar-refractivity contribution in [2.75, 3.05) is 12.8 Å². The van der Waals surface area contributed by atoms with E-state index in [0.29, 0.717) is 27.3 Å². The molecule has 2 N–H and O–H groups in total. The summed E-state index contributed by atoms with van der Waals surface area (Å²) in [5, 5.41) is 0.617. The highest BCUT2D eigenvalue weighted by atomic mass is 35.5. The van der Waals surface area contributed by atoms with Gasteiger partial charge >= 0.3 is 0 Å². The van der Waals surface area contributed by atoms with Gasteiger partial charge in [0.1, 0.15) is 0 Å². The third-order valence-electron chi connectivity index (χ3n) is 3.25. The average Bonchev–Trinajstić information content (AvgIpc) is 2.21. The van der Waals surface area contributed by atoms with E-state index >= 15 is 0 Å². The molecule has 1 aromatic rings. The quantitative estimate of drug-likeness (QED) is 0.841. The Morgan fingerprint density at radius 1 is 1.41 bits per heavy atom. The van der Waals surface area contributed by atoms with Gasteiger partial charge in [-0.15, -0.1) is 0 Å². The van der Waals surface area contributed by atoms with E-state index in [1.807, 2.05) is 7.05 Å². The summed E-state index contributed by atoms with van der Waals surface area (Å²) in [6.07, 6.45) is 3.32. The van der Waals surface area contributed by atoms with Crippen molar-refractivity contribution in [1.29, 1.82) is 0 Å².